The number of nitrogens with zero attached hydrogens (tertiary/aromatic N) is 3. The lowest BCUT2D eigenvalue weighted by atomic mass is 9.95. The Morgan fingerprint density at radius 2 is 1.80 bits per heavy atom. The largest absolute Gasteiger partial charge is 0.480 e. The van der Waals surface area contributed by atoms with Gasteiger partial charge >= 0.3 is 5.97 Å². The standard InChI is InChI=1S/C31H53N9O4/c1-23-19-27(37-25-11-17-40(18-12-25)29(41)10-16-33-21-30(42)43)39-31(36-23)35-20-28-38-26(22-44-28)9-5-13-32-14-6-15-34-24-7-3-2-4-8-24/h19,22,24-25,28,32-34,38H,2-18,20-21H2,1H3,(H,42,43)(H2,35,36,37,39). The molecule has 7 N–H and O–H groups in total. The van der Waals surface area contributed by atoms with Crippen LogP contribution >= 0.6 is 0 Å². The van der Waals surface area contributed by atoms with E-state index >= 15 is 0 Å². The number of carbonyl (C=O) groups excluding carboxylic acids is 1. The summed E-state index contributed by atoms with van der Waals surface area (Å²) in [6, 6.07) is 2.89. The summed E-state index contributed by atoms with van der Waals surface area (Å²) in [7, 11) is 0. The van der Waals surface area contributed by atoms with E-state index in [9.17, 15) is 9.59 Å². The summed E-state index contributed by atoms with van der Waals surface area (Å²) in [4.78, 5) is 34.1. The molecule has 2 aliphatic heterocycles. The van der Waals surface area contributed by atoms with E-state index in [1.165, 1.54) is 38.5 Å². The molecule has 1 amide bonds. The van der Waals surface area contributed by atoms with Crippen molar-refractivity contribution in [3.05, 3.63) is 23.7 Å². The van der Waals surface area contributed by atoms with E-state index in [4.69, 9.17) is 9.84 Å². The number of carbonyl (C=O) groups is 2. The molecule has 4 rings (SSSR count). The van der Waals surface area contributed by atoms with Crippen molar-refractivity contribution in [2.75, 3.05) is 63.0 Å². The second-order valence-electron chi connectivity index (χ2n) is 12.1. The zero-order valence-corrected chi connectivity index (χ0v) is 26.3. The molecular formula is C31H53N9O4. The normalized spacial score (nSPS) is 19.2. The fourth-order valence-corrected chi connectivity index (χ4v) is 5.96. The Labute approximate surface area is 261 Å². The van der Waals surface area contributed by atoms with E-state index in [0.29, 0.717) is 38.5 Å². The van der Waals surface area contributed by atoms with E-state index in [2.05, 4.69) is 41.9 Å². The average Bonchev–Trinajstić information content (AvgIpc) is 3.48. The van der Waals surface area contributed by atoms with Gasteiger partial charge < -0.3 is 46.6 Å². The fraction of sp³-hybridized carbons (Fsp3) is 0.742. The van der Waals surface area contributed by atoms with Crippen molar-refractivity contribution in [1.29, 1.82) is 0 Å². The SMILES string of the molecule is Cc1cc(NC2CCN(C(=O)CCNCC(=O)O)CC2)nc(NCC2NC(CCCNCCCNC3CCCCC3)=CO2)n1. The third-order valence-corrected chi connectivity index (χ3v) is 8.38. The van der Waals surface area contributed by atoms with Gasteiger partial charge in [0.05, 0.1) is 13.1 Å². The number of amides is 1. The first-order chi connectivity index (χ1) is 21.4. The number of ether oxygens (including phenoxy) is 1. The number of aromatic nitrogens is 2. The van der Waals surface area contributed by atoms with Crippen LogP contribution in [0.5, 0.6) is 0 Å². The van der Waals surface area contributed by atoms with E-state index in [1.54, 1.807) is 0 Å². The number of likely N-dealkylation sites (tertiary alicyclic amines) is 1. The second-order valence-corrected chi connectivity index (χ2v) is 12.1. The summed E-state index contributed by atoms with van der Waals surface area (Å²) in [6.45, 7) is 7.21. The van der Waals surface area contributed by atoms with Crippen molar-refractivity contribution in [3.63, 3.8) is 0 Å². The first-order valence-corrected chi connectivity index (χ1v) is 16.6. The minimum Gasteiger partial charge on any atom is -0.480 e. The van der Waals surface area contributed by atoms with Crippen molar-refractivity contribution in [1.82, 2.24) is 36.1 Å². The minimum absolute atomic E-state index is 0.0516. The zero-order chi connectivity index (χ0) is 31.0. The van der Waals surface area contributed by atoms with Crippen LogP contribution in [0.3, 0.4) is 0 Å². The molecule has 44 heavy (non-hydrogen) atoms. The molecule has 1 saturated heterocycles. The van der Waals surface area contributed by atoms with Crippen LogP contribution in [0.25, 0.3) is 0 Å². The lowest BCUT2D eigenvalue weighted by molar-refractivity contribution is -0.136. The number of nitrogens with one attached hydrogen (secondary N) is 6. The van der Waals surface area contributed by atoms with Crippen LogP contribution in [-0.4, -0.2) is 103 Å². The molecule has 1 aromatic rings. The predicted octanol–water partition coefficient (Wildman–Crippen LogP) is 2.13. The number of aliphatic carboxylic acids is 1. The maximum atomic E-state index is 12.4. The summed E-state index contributed by atoms with van der Waals surface area (Å²) < 4.78 is 5.81. The molecule has 3 heterocycles. The lowest BCUT2D eigenvalue weighted by Gasteiger charge is -2.32. The Hall–Kier alpha value is -3.16. The van der Waals surface area contributed by atoms with Crippen LogP contribution in [0.1, 0.15) is 76.3 Å². The molecule has 0 bridgehead atoms. The number of allylic oxidation sites excluding steroid dienone is 1. The summed E-state index contributed by atoms with van der Waals surface area (Å²) >= 11 is 0. The molecule has 0 aromatic carbocycles. The summed E-state index contributed by atoms with van der Waals surface area (Å²) in [6.07, 6.45) is 13.6. The van der Waals surface area contributed by atoms with Crippen LogP contribution in [0, 0.1) is 6.92 Å². The van der Waals surface area contributed by atoms with Crippen LogP contribution in [-0.2, 0) is 14.3 Å². The molecule has 0 spiro atoms. The predicted molar refractivity (Wildman–Crippen MR) is 171 cm³/mol. The van der Waals surface area contributed by atoms with Gasteiger partial charge in [0, 0.05) is 55.6 Å². The molecule has 1 aromatic heterocycles. The Kier molecular flexibility index (Phi) is 14.3. The summed E-state index contributed by atoms with van der Waals surface area (Å²) in [5, 5.41) is 29.0. The highest BCUT2D eigenvalue weighted by Crippen LogP contribution is 2.19. The average molecular weight is 616 g/mol. The Morgan fingerprint density at radius 1 is 1.00 bits per heavy atom. The van der Waals surface area contributed by atoms with Crippen LogP contribution in [0.4, 0.5) is 11.8 Å². The number of rotatable bonds is 19. The fourth-order valence-electron chi connectivity index (χ4n) is 5.96. The molecule has 13 heteroatoms. The third kappa shape index (κ3) is 12.4. The van der Waals surface area contributed by atoms with Gasteiger partial charge in [0.1, 0.15) is 12.1 Å². The van der Waals surface area contributed by atoms with E-state index in [1.807, 2.05) is 24.2 Å². The van der Waals surface area contributed by atoms with E-state index < -0.39 is 5.97 Å². The third-order valence-electron chi connectivity index (χ3n) is 8.38. The molecule has 1 saturated carbocycles. The number of carboxylic acid groups (broad SMARTS) is 1. The number of piperidine rings is 1. The van der Waals surface area contributed by atoms with Gasteiger partial charge in [0.25, 0.3) is 0 Å². The quantitative estimate of drug-likeness (QED) is 0.114. The van der Waals surface area contributed by atoms with Gasteiger partial charge in [0.15, 0.2) is 6.23 Å². The van der Waals surface area contributed by atoms with Gasteiger partial charge in [-0.15, -0.1) is 0 Å². The van der Waals surface area contributed by atoms with Crippen LogP contribution < -0.4 is 31.9 Å². The van der Waals surface area contributed by atoms with Crippen molar-refractivity contribution < 1.29 is 19.4 Å². The van der Waals surface area contributed by atoms with Gasteiger partial charge in [0.2, 0.25) is 11.9 Å². The summed E-state index contributed by atoms with van der Waals surface area (Å²) in [5.74, 6) is 0.444. The monoisotopic (exact) mass is 615 g/mol. The lowest BCUT2D eigenvalue weighted by Crippen LogP contribution is -2.43. The summed E-state index contributed by atoms with van der Waals surface area (Å²) in [5.41, 5.74) is 1.98. The molecule has 13 nitrogen and oxygen atoms in total. The van der Waals surface area contributed by atoms with E-state index in [0.717, 1.165) is 68.6 Å². The Balaban J connectivity index is 1.05. The molecule has 246 valence electrons. The maximum absolute atomic E-state index is 12.4. The van der Waals surface area contributed by atoms with Crippen LogP contribution in [0.15, 0.2) is 18.0 Å². The number of hydrogen-bond donors (Lipinski definition) is 7. The first kappa shape index (κ1) is 33.7. The van der Waals surface area contributed by atoms with Gasteiger partial charge in [-0.25, -0.2) is 4.98 Å². The first-order valence-electron chi connectivity index (χ1n) is 16.6. The Bertz CT molecular complexity index is 1060. The zero-order valence-electron chi connectivity index (χ0n) is 26.3. The number of carboxylic acids is 1. The molecule has 3 aliphatic rings. The maximum Gasteiger partial charge on any atom is 0.317 e. The van der Waals surface area contributed by atoms with Gasteiger partial charge in [-0.3, -0.25) is 9.59 Å². The van der Waals surface area contributed by atoms with E-state index in [-0.39, 0.29) is 24.7 Å². The minimum atomic E-state index is -0.921. The highest BCUT2D eigenvalue weighted by Gasteiger charge is 2.23. The number of hydrogen-bond acceptors (Lipinski definition) is 11. The topological polar surface area (TPSA) is 165 Å². The highest BCUT2D eigenvalue weighted by molar-refractivity contribution is 5.76. The molecule has 1 aliphatic carbocycles. The van der Waals surface area contributed by atoms with Gasteiger partial charge in [-0.1, -0.05) is 19.3 Å². The van der Waals surface area contributed by atoms with Gasteiger partial charge in [-0.2, -0.15) is 4.98 Å². The molecule has 1 atom stereocenters. The molecule has 0 radical (unpaired) electrons. The van der Waals surface area contributed by atoms with Crippen molar-refractivity contribution in [2.24, 2.45) is 0 Å². The van der Waals surface area contributed by atoms with Gasteiger partial charge in [-0.05, 0) is 71.5 Å². The molecule has 1 unspecified atom stereocenters. The van der Waals surface area contributed by atoms with Crippen molar-refractivity contribution >= 4 is 23.6 Å². The smallest absolute Gasteiger partial charge is 0.317 e. The number of anilines is 2. The van der Waals surface area contributed by atoms with Crippen LogP contribution in [0.2, 0.25) is 0 Å². The second kappa shape index (κ2) is 18.6. The molecular weight excluding hydrogens is 562 g/mol. The number of aryl methyl sites for hydroxylation is 1. The van der Waals surface area contributed by atoms with Crippen molar-refractivity contribution in [3.8, 4) is 0 Å². The molecule has 2 fully saturated rings. The highest BCUT2D eigenvalue weighted by atomic mass is 16.5. The van der Waals surface area contributed by atoms with Crippen molar-refractivity contribution in [2.45, 2.75) is 95.9 Å². The Morgan fingerprint density at radius 3 is 2.59 bits per heavy atom.